The fraction of sp³-hybridized carbons (Fsp3) is 0.625. The Morgan fingerprint density at radius 2 is 2.17 bits per heavy atom. The number of fused-ring (bicyclic) bond motifs is 1. The highest BCUT2D eigenvalue weighted by molar-refractivity contribution is 5.56. The first kappa shape index (κ1) is 13.4. The van der Waals surface area contributed by atoms with E-state index >= 15 is 0 Å². The molecule has 2 N–H and O–H groups in total. The van der Waals surface area contributed by atoms with Crippen molar-refractivity contribution in [3.8, 4) is 0 Å². The van der Waals surface area contributed by atoms with Gasteiger partial charge < -0.3 is 10.6 Å². The molecule has 18 heavy (non-hydrogen) atoms. The molecule has 1 aliphatic heterocycles. The van der Waals surface area contributed by atoms with Gasteiger partial charge in [0.05, 0.1) is 0 Å². The van der Waals surface area contributed by atoms with Gasteiger partial charge in [0.2, 0.25) is 0 Å². The maximum Gasteiger partial charge on any atom is 0.0398 e. The summed E-state index contributed by atoms with van der Waals surface area (Å²) in [5.41, 5.74) is 10.5. The first-order valence-corrected chi connectivity index (χ1v) is 7.30. The molecule has 0 amide bonds. The fourth-order valence-electron chi connectivity index (χ4n) is 2.87. The van der Waals surface area contributed by atoms with Crippen LogP contribution < -0.4 is 10.6 Å². The molecule has 0 saturated heterocycles. The Morgan fingerprint density at radius 1 is 1.33 bits per heavy atom. The van der Waals surface area contributed by atoms with Gasteiger partial charge in [0.15, 0.2) is 0 Å². The number of hydrogen-bond acceptors (Lipinski definition) is 2. The highest BCUT2D eigenvalue weighted by Gasteiger charge is 2.17. The van der Waals surface area contributed by atoms with Crippen molar-refractivity contribution in [3.63, 3.8) is 0 Å². The average Bonchev–Trinajstić information content (AvgIpc) is 2.36. The number of rotatable bonds is 5. The molecule has 0 spiro atoms. The van der Waals surface area contributed by atoms with E-state index < -0.39 is 0 Å². The van der Waals surface area contributed by atoms with Gasteiger partial charge in [-0.2, -0.15) is 0 Å². The van der Waals surface area contributed by atoms with Gasteiger partial charge in [0, 0.05) is 24.8 Å². The molecule has 100 valence electrons. The topological polar surface area (TPSA) is 29.3 Å². The van der Waals surface area contributed by atoms with Crippen molar-refractivity contribution in [2.75, 3.05) is 18.0 Å². The molecule has 1 heterocycles. The monoisotopic (exact) mass is 246 g/mol. The Hall–Kier alpha value is -1.02. The Labute approximate surface area is 111 Å². The summed E-state index contributed by atoms with van der Waals surface area (Å²) in [6.07, 6.45) is 5.96. The van der Waals surface area contributed by atoms with Crippen molar-refractivity contribution in [2.45, 2.75) is 52.0 Å². The highest BCUT2D eigenvalue weighted by Crippen LogP contribution is 2.28. The number of nitrogens with zero attached hydrogens (tertiary/aromatic N) is 1. The molecular formula is C16H26N2. The predicted octanol–water partition coefficient (Wildman–Crippen LogP) is 3.27. The number of nitrogens with two attached hydrogens (primary N) is 1. The van der Waals surface area contributed by atoms with E-state index in [2.05, 4.69) is 36.9 Å². The molecule has 0 aliphatic carbocycles. The van der Waals surface area contributed by atoms with Crippen LogP contribution in [0.2, 0.25) is 0 Å². The van der Waals surface area contributed by atoms with E-state index in [0.29, 0.717) is 6.04 Å². The fourth-order valence-corrected chi connectivity index (χ4v) is 2.87. The number of hydrogen-bond donors (Lipinski definition) is 1. The minimum absolute atomic E-state index is 0.367. The average molecular weight is 246 g/mol. The molecule has 0 aromatic heterocycles. The summed E-state index contributed by atoms with van der Waals surface area (Å²) in [5.74, 6) is 0. The van der Waals surface area contributed by atoms with Crippen LogP contribution in [0, 0.1) is 6.92 Å². The normalized spacial score (nSPS) is 16.5. The van der Waals surface area contributed by atoms with Gasteiger partial charge >= 0.3 is 0 Å². The van der Waals surface area contributed by atoms with Crippen molar-refractivity contribution >= 4 is 5.69 Å². The van der Waals surface area contributed by atoms with E-state index in [4.69, 9.17) is 5.73 Å². The molecule has 1 atom stereocenters. The molecule has 0 fully saturated rings. The summed E-state index contributed by atoms with van der Waals surface area (Å²) < 4.78 is 0. The smallest absolute Gasteiger partial charge is 0.0398 e. The number of anilines is 1. The zero-order chi connectivity index (χ0) is 13.0. The number of benzene rings is 1. The third-order valence-electron chi connectivity index (χ3n) is 3.88. The molecule has 0 saturated carbocycles. The van der Waals surface area contributed by atoms with E-state index in [-0.39, 0.29) is 0 Å². The van der Waals surface area contributed by atoms with Gasteiger partial charge in [-0.1, -0.05) is 31.0 Å². The van der Waals surface area contributed by atoms with Crippen LogP contribution in [-0.4, -0.2) is 19.1 Å². The summed E-state index contributed by atoms with van der Waals surface area (Å²) in [6, 6.07) is 7.22. The highest BCUT2D eigenvalue weighted by atomic mass is 15.1. The molecule has 2 heteroatoms. The summed E-state index contributed by atoms with van der Waals surface area (Å²) in [5, 5.41) is 0. The molecule has 1 aromatic rings. The Bertz CT molecular complexity index is 387. The zero-order valence-electron chi connectivity index (χ0n) is 11.8. The van der Waals surface area contributed by atoms with Crippen LogP contribution in [0.15, 0.2) is 18.2 Å². The van der Waals surface area contributed by atoms with Crippen molar-refractivity contribution in [2.24, 2.45) is 5.73 Å². The lowest BCUT2D eigenvalue weighted by Gasteiger charge is -2.32. The van der Waals surface area contributed by atoms with Gasteiger partial charge in [-0.05, 0) is 44.2 Å². The molecule has 1 unspecified atom stereocenters. The maximum atomic E-state index is 6.12. The largest absolute Gasteiger partial charge is 0.371 e. The van der Waals surface area contributed by atoms with Crippen molar-refractivity contribution < 1.29 is 0 Å². The molecule has 1 aromatic carbocycles. The Balaban J connectivity index is 1.99. The van der Waals surface area contributed by atoms with Crippen LogP contribution in [0.1, 0.15) is 43.7 Å². The van der Waals surface area contributed by atoms with Crippen LogP contribution in [0.5, 0.6) is 0 Å². The minimum atomic E-state index is 0.367. The van der Waals surface area contributed by atoms with E-state index in [9.17, 15) is 0 Å². The predicted molar refractivity (Wildman–Crippen MR) is 79.2 cm³/mol. The van der Waals surface area contributed by atoms with Crippen molar-refractivity contribution in [3.05, 3.63) is 29.3 Å². The van der Waals surface area contributed by atoms with E-state index in [1.165, 1.54) is 42.6 Å². The van der Waals surface area contributed by atoms with Gasteiger partial charge in [0.25, 0.3) is 0 Å². The van der Waals surface area contributed by atoms with Gasteiger partial charge in [0.1, 0.15) is 0 Å². The van der Waals surface area contributed by atoms with Crippen LogP contribution in [0.25, 0.3) is 0 Å². The first-order valence-electron chi connectivity index (χ1n) is 7.30. The molecule has 0 bridgehead atoms. The van der Waals surface area contributed by atoms with E-state index in [1.54, 1.807) is 0 Å². The Kier molecular flexibility index (Phi) is 4.65. The maximum absolute atomic E-state index is 6.12. The van der Waals surface area contributed by atoms with Crippen molar-refractivity contribution in [1.82, 2.24) is 0 Å². The number of aryl methyl sites for hydroxylation is 2. The van der Waals surface area contributed by atoms with Crippen LogP contribution in [0.3, 0.4) is 0 Å². The molecular weight excluding hydrogens is 220 g/mol. The van der Waals surface area contributed by atoms with Crippen molar-refractivity contribution in [1.29, 1.82) is 0 Å². The zero-order valence-corrected chi connectivity index (χ0v) is 11.8. The van der Waals surface area contributed by atoms with E-state index in [0.717, 1.165) is 19.4 Å². The summed E-state index contributed by atoms with van der Waals surface area (Å²) in [7, 11) is 0. The lowest BCUT2D eigenvalue weighted by Crippen LogP contribution is -2.34. The molecule has 0 radical (unpaired) electrons. The summed E-state index contributed by atoms with van der Waals surface area (Å²) in [6.45, 7) is 6.68. The minimum Gasteiger partial charge on any atom is -0.371 e. The van der Waals surface area contributed by atoms with Gasteiger partial charge in [-0.25, -0.2) is 0 Å². The molecule has 2 nitrogen and oxygen atoms in total. The molecule has 1 aliphatic rings. The SMILES string of the molecule is CCCC(N)CCN1CCCc2cc(C)ccc21. The van der Waals surface area contributed by atoms with Gasteiger partial charge in [-0.15, -0.1) is 0 Å². The third-order valence-corrected chi connectivity index (χ3v) is 3.88. The Morgan fingerprint density at radius 3 is 2.94 bits per heavy atom. The lowest BCUT2D eigenvalue weighted by molar-refractivity contribution is 0.544. The quantitative estimate of drug-likeness (QED) is 0.864. The van der Waals surface area contributed by atoms with E-state index in [1.807, 2.05) is 0 Å². The lowest BCUT2D eigenvalue weighted by atomic mass is 9.99. The molecule has 2 rings (SSSR count). The second kappa shape index (κ2) is 6.24. The standard InChI is InChI=1S/C16H26N2/c1-3-5-15(17)9-11-18-10-4-6-14-12-13(2)7-8-16(14)18/h7-8,12,15H,3-6,9-11,17H2,1-2H3. The first-order chi connectivity index (χ1) is 8.70. The van der Waals surface area contributed by atoms with Crippen LogP contribution >= 0.6 is 0 Å². The van der Waals surface area contributed by atoms with Crippen LogP contribution in [-0.2, 0) is 6.42 Å². The second-order valence-electron chi connectivity index (χ2n) is 5.56. The summed E-state index contributed by atoms with van der Waals surface area (Å²) >= 11 is 0. The summed E-state index contributed by atoms with van der Waals surface area (Å²) in [4.78, 5) is 2.52. The second-order valence-corrected chi connectivity index (χ2v) is 5.56. The van der Waals surface area contributed by atoms with Crippen LogP contribution in [0.4, 0.5) is 5.69 Å². The van der Waals surface area contributed by atoms with Gasteiger partial charge in [-0.3, -0.25) is 0 Å². The third kappa shape index (κ3) is 3.26.